The van der Waals surface area contributed by atoms with Gasteiger partial charge in [0.05, 0.1) is 15.8 Å². The van der Waals surface area contributed by atoms with Crippen LogP contribution in [0.15, 0.2) is 54.6 Å². The minimum Gasteiger partial charge on any atom is -0.435 e. The molecule has 11 heteroatoms. The van der Waals surface area contributed by atoms with E-state index in [2.05, 4.69) is 26.6 Å². The van der Waals surface area contributed by atoms with E-state index >= 15 is 0 Å². The SMILES string of the molecule is C#CCOC(=O)n1nc(NC(=O)c2ccc(CN3CCCCC3)cc2)c2cc(C(=O)NC(C)(C)c3ccccc3Cl)sc21. The number of likely N-dealkylation sites (tertiary alicyclic amines) is 1. The summed E-state index contributed by atoms with van der Waals surface area (Å²) in [7, 11) is 0. The van der Waals surface area contributed by atoms with E-state index < -0.39 is 17.5 Å². The van der Waals surface area contributed by atoms with Crippen LogP contribution in [0.5, 0.6) is 0 Å². The number of nitrogens with zero attached hydrogens (tertiary/aromatic N) is 3. The highest BCUT2D eigenvalue weighted by molar-refractivity contribution is 7.20. The first-order valence-corrected chi connectivity index (χ1v) is 15.2. The smallest absolute Gasteiger partial charge is 0.435 e. The molecule has 0 spiro atoms. The molecule has 0 bridgehead atoms. The van der Waals surface area contributed by atoms with Crippen molar-refractivity contribution in [2.24, 2.45) is 0 Å². The summed E-state index contributed by atoms with van der Waals surface area (Å²) in [4.78, 5) is 42.4. The number of fused-ring (bicyclic) bond motifs is 1. The third-order valence-corrected chi connectivity index (χ3v) is 8.75. The zero-order chi connectivity index (χ0) is 30.6. The lowest BCUT2D eigenvalue weighted by Gasteiger charge is -2.27. The van der Waals surface area contributed by atoms with Crippen molar-refractivity contribution in [3.8, 4) is 12.3 Å². The summed E-state index contributed by atoms with van der Waals surface area (Å²) in [6.07, 6.45) is 8.12. The monoisotopic (exact) mass is 617 g/mol. The summed E-state index contributed by atoms with van der Waals surface area (Å²) < 4.78 is 6.09. The van der Waals surface area contributed by atoms with Crippen LogP contribution in [-0.2, 0) is 16.8 Å². The second-order valence-electron chi connectivity index (χ2n) is 10.9. The van der Waals surface area contributed by atoms with Crippen LogP contribution in [0.4, 0.5) is 10.6 Å². The largest absolute Gasteiger partial charge is 0.437 e. The molecule has 2 N–H and O–H groups in total. The summed E-state index contributed by atoms with van der Waals surface area (Å²) in [5.74, 6) is 1.59. The number of amides is 2. The first-order chi connectivity index (χ1) is 20.7. The molecule has 0 radical (unpaired) electrons. The van der Waals surface area contributed by atoms with Crippen molar-refractivity contribution in [2.45, 2.75) is 45.2 Å². The molecule has 1 aliphatic heterocycles. The molecule has 5 rings (SSSR count). The van der Waals surface area contributed by atoms with Gasteiger partial charge >= 0.3 is 6.09 Å². The lowest BCUT2D eigenvalue weighted by atomic mass is 9.94. The van der Waals surface area contributed by atoms with Gasteiger partial charge in [0.15, 0.2) is 12.4 Å². The molecule has 2 amide bonds. The number of piperidine rings is 1. The fourth-order valence-corrected chi connectivity index (χ4v) is 6.47. The topological polar surface area (TPSA) is 106 Å². The maximum Gasteiger partial charge on any atom is 0.437 e. The molecule has 2 aromatic carbocycles. The number of hydrogen-bond donors (Lipinski definition) is 2. The van der Waals surface area contributed by atoms with Gasteiger partial charge in [0.25, 0.3) is 11.8 Å². The number of carbonyl (C=O) groups is 3. The Morgan fingerprint density at radius 1 is 1.07 bits per heavy atom. The fourth-order valence-electron chi connectivity index (χ4n) is 5.10. The Morgan fingerprint density at radius 2 is 1.79 bits per heavy atom. The molecule has 9 nitrogen and oxygen atoms in total. The van der Waals surface area contributed by atoms with Gasteiger partial charge < -0.3 is 15.4 Å². The highest BCUT2D eigenvalue weighted by Gasteiger charge is 2.28. The van der Waals surface area contributed by atoms with Crippen molar-refractivity contribution in [1.29, 1.82) is 0 Å². The van der Waals surface area contributed by atoms with Crippen LogP contribution in [0.1, 0.15) is 64.3 Å². The number of terminal acetylenes is 1. The molecule has 0 saturated carbocycles. The number of hydrogen-bond acceptors (Lipinski definition) is 7. The summed E-state index contributed by atoms with van der Waals surface area (Å²) in [6, 6.07) is 16.3. The third-order valence-electron chi connectivity index (χ3n) is 7.31. The van der Waals surface area contributed by atoms with Crippen molar-refractivity contribution < 1.29 is 19.1 Å². The minimum absolute atomic E-state index is 0.121. The summed E-state index contributed by atoms with van der Waals surface area (Å²) in [5, 5.41) is 11.0. The first kappa shape index (κ1) is 30.3. The van der Waals surface area contributed by atoms with Gasteiger partial charge in [-0.1, -0.05) is 54.3 Å². The molecule has 222 valence electrons. The maximum atomic E-state index is 13.4. The van der Waals surface area contributed by atoms with Crippen molar-refractivity contribution in [3.05, 3.63) is 81.2 Å². The highest BCUT2D eigenvalue weighted by atomic mass is 35.5. The third kappa shape index (κ3) is 6.91. The van der Waals surface area contributed by atoms with Crippen LogP contribution in [0, 0.1) is 12.3 Å². The minimum atomic E-state index is -0.823. The molecule has 2 aromatic heterocycles. The van der Waals surface area contributed by atoms with Gasteiger partial charge in [0.2, 0.25) is 0 Å². The second kappa shape index (κ2) is 13.0. The van der Waals surface area contributed by atoms with E-state index in [0.29, 0.717) is 25.7 Å². The van der Waals surface area contributed by atoms with Crippen LogP contribution in [0.25, 0.3) is 10.2 Å². The summed E-state index contributed by atoms with van der Waals surface area (Å²) in [6.45, 7) is 6.46. The Balaban J connectivity index is 1.38. The number of benzene rings is 2. The Hall–Kier alpha value is -4.17. The molecule has 0 aliphatic carbocycles. The number of thiophene rings is 1. The molecular formula is C32H32ClN5O4S. The average molecular weight is 618 g/mol. The van der Waals surface area contributed by atoms with E-state index in [4.69, 9.17) is 22.8 Å². The predicted octanol–water partition coefficient (Wildman–Crippen LogP) is 6.27. The van der Waals surface area contributed by atoms with Gasteiger partial charge in [-0.3, -0.25) is 14.5 Å². The van der Waals surface area contributed by atoms with Gasteiger partial charge in [0.1, 0.15) is 4.83 Å². The van der Waals surface area contributed by atoms with Crippen LogP contribution >= 0.6 is 22.9 Å². The van der Waals surface area contributed by atoms with Gasteiger partial charge in [-0.15, -0.1) is 22.9 Å². The molecule has 1 aliphatic rings. The quantitative estimate of drug-likeness (QED) is 0.226. The molecule has 1 fully saturated rings. The van der Waals surface area contributed by atoms with Crippen molar-refractivity contribution in [1.82, 2.24) is 20.0 Å². The van der Waals surface area contributed by atoms with E-state index in [9.17, 15) is 14.4 Å². The van der Waals surface area contributed by atoms with E-state index in [-0.39, 0.29) is 18.3 Å². The standard InChI is InChI=1S/C32H32ClN5O4S/c1-4-18-42-31(41)38-30-23(19-26(43-30)29(40)35-32(2,3)24-10-6-7-11-25(24)33)27(36-38)34-28(39)22-14-12-21(13-15-22)20-37-16-8-5-9-17-37/h1,6-7,10-15,19H,5,8-9,16-18,20H2,2-3H3,(H,35,40)(H,34,36,39). The molecule has 1 saturated heterocycles. The van der Waals surface area contributed by atoms with Gasteiger partial charge in [-0.05, 0) is 75.2 Å². The second-order valence-corrected chi connectivity index (χ2v) is 12.3. The highest BCUT2D eigenvalue weighted by Crippen LogP contribution is 2.34. The molecule has 0 unspecified atom stereocenters. The molecule has 43 heavy (non-hydrogen) atoms. The number of carbonyl (C=O) groups excluding carboxylic acids is 3. The van der Waals surface area contributed by atoms with Crippen molar-refractivity contribution in [3.63, 3.8) is 0 Å². The van der Waals surface area contributed by atoms with E-state index in [1.165, 1.54) is 19.3 Å². The zero-order valence-electron chi connectivity index (χ0n) is 24.0. The van der Waals surface area contributed by atoms with Gasteiger partial charge in [-0.2, -0.15) is 4.68 Å². The van der Waals surface area contributed by atoms with Gasteiger partial charge in [0, 0.05) is 17.1 Å². The Morgan fingerprint density at radius 3 is 2.49 bits per heavy atom. The Labute approximate surface area is 259 Å². The number of ether oxygens (including phenoxy) is 1. The number of aromatic nitrogens is 2. The number of anilines is 1. The maximum absolute atomic E-state index is 13.4. The van der Waals surface area contributed by atoms with Crippen LogP contribution in [-0.4, -0.2) is 52.3 Å². The number of nitrogens with one attached hydrogen (secondary N) is 2. The lowest BCUT2D eigenvalue weighted by molar-refractivity contribution is 0.0915. The predicted molar refractivity (Wildman–Crippen MR) is 169 cm³/mol. The average Bonchev–Trinajstić information content (AvgIpc) is 3.57. The first-order valence-electron chi connectivity index (χ1n) is 14.0. The molecule has 3 heterocycles. The normalized spacial score (nSPS) is 13.8. The van der Waals surface area contributed by atoms with Gasteiger partial charge in [-0.25, -0.2) is 4.79 Å². The van der Waals surface area contributed by atoms with Crippen LogP contribution < -0.4 is 10.6 Å². The molecular weight excluding hydrogens is 586 g/mol. The number of halogens is 1. The van der Waals surface area contributed by atoms with E-state index in [0.717, 1.165) is 46.8 Å². The zero-order valence-corrected chi connectivity index (χ0v) is 25.6. The Kier molecular flexibility index (Phi) is 9.16. The number of rotatable bonds is 8. The van der Waals surface area contributed by atoms with Crippen LogP contribution in [0.2, 0.25) is 5.02 Å². The summed E-state index contributed by atoms with van der Waals surface area (Å²) in [5.41, 5.74) is 1.54. The van der Waals surface area contributed by atoms with E-state index in [1.54, 1.807) is 24.3 Å². The molecule has 0 atom stereocenters. The lowest BCUT2D eigenvalue weighted by Crippen LogP contribution is -2.40. The van der Waals surface area contributed by atoms with Crippen molar-refractivity contribution >= 4 is 56.9 Å². The molecule has 4 aromatic rings. The van der Waals surface area contributed by atoms with E-state index in [1.807, 2.05) is 44.2 Å². The van der Waals surface area contributed by atoms with Crippen molar-refractivity contribution in [2.75, 3.05) is 25.0 Å². The Bertz CT molecular complexity index is 1700. The summed E-state index contributed by atoms with van der Waals surface area (Å²) >= 11 is 7.43. The fraction of sp³-hybridized carbons (Fsp3) is 0.312. The van der Waals surface area contributed by atoms with Crippen LogP contribution in [0.3, 0.4) is 0 Å².